The summed E-state index contributed by atoms with van der Waals surface area (Å²) in [5.41, 5.74) is 4.71. The number of aromatic amines is 1. The monoisotopic (exact) mass is 430 g/mol. The molecule has 1 atom stereocenters. The first kappa shape index (κ1) is 21.8. The lowest BCUT2D eigenvalue weighted by molar-refractivity contribution is -0.133. The first-order chi connectivity index (χ1) is 15.4. The average Bonchev–Trinajstić information content (AvgIpc) is 3.27. The van der Waals surface area contributed by atoms with Crippen LogP contribution in [-0.4, -0.2) is 58.5 Å². The van der Waals surface area contributed by atoms with E-state index in [4.69, 9.17) is 0 Å². The number of likely N-dealkylation sites (N-methyl/N-ethyl adjacent to an activating group) is 1. The third-order valence-corrected chi connectivity index (χ3v) is 6.17. The summed E-state index contributed by atoms with van der Waals surface area (Å²) in [5, 5.41) is 7.19. The summed E-state index contributed by atoms with van der Waals surface area (Å²) >= 11 is 0. The number of rotatable bonds is 5. The van der Waals surface area contributed by atoms with Crippen LogP contribution >= 0.6 is 0 Å². The van der Waals surface area contributed by atoms with Gasteiger partial charge in [0.15, 0.2) is 0 Å². The highest BCUT2D eigenvalue weighted by Gasteiger charge is 2.32. The van der Waals surface area contributed by atoms with Gasteiger partial charge in [-0.3, -0.25) is 14.7 Å². The molecule has 2 aromatic carbocycles. The fraction of sp³-hybridized carbons (Fsp3) is 0.346. The maximum Gasteiger partial charge on any atom is 0.274 e. The number of carbonyl (C=O) groups is 2. The van der Waals surface area contributed by atoms with E-state index in [9.17, 15) is 9.59 Å². The molecule has 1 saturated heterocycles. The van der Waals surface area contributed by atoms with Gasteiger partial charge in [0.1, 0.15) is 5.69 Å². The summed E-state index contributed by atoms with van der Waals surface area (Å²) in [7, 11) is 1.82. The van der Waals surface area contributed by atoms with E-state index in [1.165, 1.54) is 0 Å². The van der Waals surface area contributed by atoms with E-state index in [1.807, 2.05) is 43.4 Å². The van der Waals surface area contributed by atoms with Crippen LogP contribution in [0.2, 0.25) is 0 Å². The Morgan fingerprint density at radius 3 is 2.53 bits per heavy atom. The van der Waals surface area contributed by atoms with Crippen LogP contribution in [0.5, 0.6) is 0 Å². The quantitative estimate of drug-likeness (QED) is 0.666. The SMILES string of the molecule is CC(C)c1cc(C(=O)N2CCN(C)C(=O)C(Cc3ccccc3-c3ccccc3)C2)n[nH]1. The van der Waals surface area contributed by atoms with Crippen molar-refractivity contribution < 1.29 is 9.59 Å². The highest BCUT2D eigenvalue weighted by Crippen LogP contribution is 2.27. The molecule has 1 N–H and O–H groups in total. The van der Waals surface area contributed by atoms with Crippen molar-refractivity contribution in [1.82, 2.24) is 20.0 Å². The first-order valence-electron chi connectivity index (χ1n) is 11.2. The molecule has 0 spiro atoms. The van der Waals surface area contributed by atoms with Crippen molar-refractivity contribution in [2.45, 2.75) is 26.2 Å². The number of hydrogen-bond donors (Lipinski definition) is 1. The molecule has 1 aliphatic rings. The van der Waals surface area contributed by atoms with Crippen molar-refractivity contribution in [3.05, 3.63) is 77.6 Å². The van der Waals surface area contributed by atoms with Gasteiger partial charge in [0.05, 0.1) is 5.92 Å². The van der Waals surface area contributed by atoms with Crippen molar-refractivity contribution >= 4 is 11.8 Å². The maximum absolute atomic E-state index is 13.2. The molecule has 4 rings (SSSR count). The number of nitrogens with zero attached hydrogens (tertiary/aromatic N) is 3. The molecular formula is C26H30N4O2. The summed E-state index contributed by atoms with van der Waals surface area (Å²) in [6.07, 6.45) is 0.579. The number of H-pyrrole nitrogens is 1. The van der Waals surface area contributed by atoms with Gasteiger partial charge >= 0.3 is 0 Å². The fourth-order valence-electron chi connectivity index (χ4n) is 4.23. The highest BCUT2D eigenvalue weighted by molar-refractivity contribution is 5.93. The smallest absolute Gasteiger partial charge is 0.274 e. The van der Waals surface area contributed by atoms with E-state index in [2.05, 4.69) is 48.3 Å². The van der Waals surface area contributed by atoms with Crippen molar-refractivity contribution in [1.29, 1.82) is 0 Å². The Hall–Kier alpha value is -3.41. The second-order valence-electron chi connectivity index (χ2n) is 8.80. The van der Waals surface area contributed by atoms with Crippen molar-refractivity contribution in [2.75, 3.05) is 26.7 Å². The Labute approximate surface area is 189 Å². The minimum absolute atomic E-state index is 0.0769. The van der Waals surface area contributed by atoms with Gasteiger partial charge in [-0.1, -0.05) is 68.4 Å². The molecule has 2 amide bonds. The number of carbonyl (C=O) groups excluding carboxylic acids is 2. The predicted octanol–water partition coefficient (Wildman–Crippen LogP) is 3.97. The minimum atomic E-state index is -0.306. The maximum atomic E-state index is 13.2. The van der Waals surface area contributed by atoms with Crippen LogP contribution in [0.25, 0.3) is 11.1 Å². The molecule has 6 heteroatoms. The van der Waals surface area contributed by atoms with Gasteiger partial charge < -0.3 is 9.80 Å². The van der Waals surface area contributed by atoms with E-state index < -0.39 is 0 Å². The Morgan fingerprint density at radius 1 is 1.09 bits per heavy atom. The highest BCUT2D eigenvalue weighted by atomic mass is 16.2. The zero-order chi connectivity index (χ0) is 22.7. The molecule has 2 heterocycles. The van der Waals surface area contributed by atoms with Crippen LogP contribution in [0.3, 0.4) is 0 Å². The molecule has 1 fully saturated rings. The third-order valence-electron chi connectivity index (χ3n) is 6.17. The van der Waals surface area contributed by atoms with Gasteiger partial charge in [-0.2, -0.15) is 5.10 Å². The lowest BCUT2D eigenvalue weighted by Crippen LogP contribution is -2.37. The molecule has 0 bridgehead atoms. The van der Waals surface area contributed by atoms with Crippen molar-refractivity contribution in [2.24, 2.45) is 5.92 Å². The predicted molar refractivity (Wildman–Crippen MR) is 125 cm³/mol. The standard InChI is InChI=1S/C26H30N4O2/c1-18(2)23-16-24(28-27-23)26(32)30-14-13-29(3)25(31)21(17-30)15-20-11-7-8-12-22(20)19-9-5-4-6-10-19/h4-12,16,18,21H,13-15,17H2,1-3H3,(H,27,28). The van der Waals surface area contributed by atoms with Crippen LogP contribution in [0.4, 0.5) is 0 Å². The Kier molecular flexibility index (Phi) is 6.40. The van der Waals surface area contributed by atoms with Crippen molar-refractivity contribution in [3.8, 4) is 11.1 Å². The second kappa shape index (κ2) is 9.39. The largest absolute Gasteiger partial charge is 0.344 e. The van der Waals surface area contributed by atoms with E-state index in [-0.39, 0.29) is 23.7 Å². The van der Waals surface area contributed by atoms with E-state index in [1.54, 1.807) is 9.80 Å². The Bertz CT molecular complexity index is 1090. The summed E-state index contributed by atoms with van der Waals surface area (Å²) in [5.74, 6) is -0.0892. The topological polar surface area (TPSA) is 69.3 Å². The van der Waals surface area contributed by atoms with Crippen LogP contribution in [-0.2, 0) is 11.2 Å². The minimum Gasteiger partial charge on any atom is -0.344 e. The number of hydrogen-bond acceptors (Lipinski definition) is 3. The van der Waals surface area contributed by atoms with Gasteiger partial charge in [-0.15, -0.1) is 0 Å². The van der Waals surface area contributed by atoms with E-state index >= 15 is 0 Å². The number of nitrogens with one attached hydrogen (secondary N) is 1. The van der Waals surface area contributed by atoms with Crippen LogP contribution in [0.15, 0.2) is 60.7 Å². The summed E-state index contributed by atoms with van der Waals surface area (Å²) < 4.78 is 0. The summed E-state index contributed by atoms with van der Waals surface area (Å²) in [4.78, 5) is 29.9. The molecule has 3 aromatic rings. The van der Waals surface area contributed by atoms with Crippen molar-refractivity contribution in [3.63, 3.8) is 0 Å². The molecule has 32 heavy (non-hydrogen) atoms. The molecule has 0 radical (unpaired) electrons. The fourth-order valence-corrected chi connectivity index (χ4v) is 4.23. The molecule has 1 aliphatic heterocycles. The zero-order valence-corrected chi connectivity index (χ0v) is 18.9. The lowest BCUT2D eigenvalue weighted by atomic mass is 9.91. The summed E-state index contributed by atoms with van der Waals surface area (Å²) in [6.45, 7) is 5.52. The number of aromatic nitrogens is 2. The molecule has 0 aliphatic carbocycles. The van der Waals surface area contributed by atoms with Crippen LogP contribution in [0.1, 0.15) is 41.5 Å². The Morgan fingerprint density at radius 2 is 1.81 bits per heavy atom. The molecule has 1 aromatic heterocycles. The van der Waals surface area contributed by atoms with Gasteiger partial charge in [0.2, 0.25) is 5.91 Å². The van der Waals surface area contributed by atoms with Crippen LogP contribution < -0.4 is 0 Å². The second-order valence-corrected chi connectivity index (χ2v) is 8.80. The van der Waals surface area contributed by atoms with Gasteiger partial charge in [0, 0.05) is 32.4 Å². The van der Waals surface area contributed by atoms with E-state index in [0.29, 0.717) is 31.7 Å². The van der Waals surface area contributed by atoms with Gasteiger partial charge in [-0.25, -0.2) is 0 Å². The third kappa shape index (κ3) is 4.59. The van der Waals surface area contributed by atoms with Crippen LogP contribution in [0, 0.1) is 5.92 Å². The normalized spacial score (nSPS) is 17.0. The lowest BCUT2D eigenvalue weighted by Gasteiger charge is -2.23. The molecular weight excluding hydrogens is 400 g/mol. The zero-order valence-electron chi connectivity index (χ0n) is 18.9. The summed E-state index contributed by atoms with van der Waals surface area (Å²) in [6, 6.07) is 20.2. The average molecular weight is 431 g/mol. The molecule has 0 saturated carbocycles. The number of benzene rings is 2. The van der Waals surface area contributed by atoms with Gasteiger partial charge in [-0.05, 0) is 35.1 Å². The molecule has 1 unspecified atom stereocenters. The number of amides is 2. The van der Waals surface area contributed by atoms with Gasteiger partial charge in [0.25, 0.3) is 5.91 Å². The molecule has 166 valence electrons. The first-order valence-corrected chi connectivity index (χ1v) is 11.2. The Balaban J connectivity index is 1.59. The van der Waals surface area contributed by atoms with E-state index in [0.717, 1.165) is 22.4 Å². The molecule has 6 nitrogen and oxygen atoms in total.